The van der Waals surface area contributed by atoms with Crippen LogP contribution < -0.4 is 11.1 Å². The Balaban J connectivity index is 1.36. The van der Waals surface area contributed by atoms with Gasteiger partial charge in [-0.3, -0.25) is 9.59 Å². The molecular weight excluding hydrogens is 424 g/mol. The van der Waals surface area contributed by atoms with Crippen molar-refractivity contribution in [1.82, 2.24) is 0 Å². The van der Waals surface area contributed by atoms with Gasteiger partial charge in [-0.25, -0.2) is 0 Å². The zero-order valence-electron chi connectivity index (χ0n) is 15.6. The Hall–Kier alpha value is -0.880. The summed E-state index contributed by atoms with van der Waals surface area (Å²) in [6, 6.07) is 0. The molecule has 5 aliphatic rings. The van der Waals surface area contributed by atoms with Gasteiger partial charge in [0, 0.05) is 15.6 Å². The van der Waals surface area contributed by atoms with Gasteiger partial charge >= 0.3 is 0 Å². The third-order valence-corrected chi connectivity index (χ3v) is 9.45. The van der Waals surface area contributed by atoms with Gasteiger partial charge in [-0.15, -0.1) is 11.3 Å². The Bertz CT molecular complexity index is 803. The second kappa shape index (κ2) is 6.31. The van der Waals surface area contributed by atoms with Crippen molar-refractivity contribution in [3.8, 4) is 0 Å². The molecule has 4 nitrogen and oxygen atoms in total. The number of primary amides is 1. The van der Waals surface area contributed by atoms with Crippen molar-refractivity contribution >= 4 is 44.1 Å². The molecule has 27 heavy (non-hydrogen) atoms. The van der Waals surface area contributed by atoms with Crippen molar-refractivity contribution in [1.29, 1.82) is 0 Å². The van der Waals surface area contributed by atoms with Crippen LogP contribution in [0.5, 0.6) is 0 Å². The summed E-state index contributed by atoms with van der Waals surface area (Å²) in [6.45, 7) is 0. The third kappa shape index (κ3) is 3.17. The number of thiophene rings is 1. The van der Waals surface area contributed by atoms with Gasteiger partial charge in [0.05, 0.1) is 5.56 Å². The summed E-state index contributed by atoms with van der Waals surface area (Å²) < 4.78 is 0.262. The fourth-order valence-corrected chi connectivity index (χ4v) is 9.79. The second-order valence-corrected chi connectivity index (χ2v) is 12.4. The van der Waals surface area contributed by atoms with E-state index in [-0.39, 0.29) is 15.6 Å². The smallest absolute Gasteiger partial charge is 0.251 e. The normalized spacial score (nSPS) is 36.5. The molecule has 5 aliphatic carbocycles. The van der Waals surface area contributed by atoms with Crippen molar-refractivity contribution in [3.05, 3.63) is 16.0 Å². The number of hydrogen-bond acceptors (Lipinski definition) is 3. The molecule has 2 amide bonds. The highest BCUT2D eigenvalue weighted by Crippen LogP contribution is 2.65. The summed E-state index contributed by atoms with van der Waals surface area (Å²) in [4.78, 5) is 26.3. The van der Waals surface area contributed by atoms with E-state index >= 15 is 0 Å². The maximum Gasteiger partial charge on any atom is 0.251 e. The molecule has 2 atom stereocenters. The minimum atomic E-state index is -0.404. The first kappa shape index (κ1) is 18.2. The first-order valence-corrected chi connectivity index (χ1v) is 11.9. The van der Waals surface area contributed by atoms with Crippen molar-refractivity contribution in [3.63, 3.8) is 0 Å². The Morgan fingerprint density at radius 2 is 1.85 bits per heavy atom. The number of carbonyl (C=O) groups is 2. The molecule has 0 radical (unpaired) electrons. The van der Waals surface area contributed by atoms with Crippen molar-refractivity contribution < 1.29 is 9.59 Å². The molecule has 0 spiro atoms. The molecule has 6 rings (SSSR count). The van der Waals surface area contributed by atoms with Crippen LogP contribution in [0.15, 0.2) is 0 Å². The summed E-state index contributed by atoms with van der Waals surface area (Å²) in [5.74, 6) is 1.20. The Labute approximate surface area is 172 Å². The molecular formula is C21H27BrN2O2S. The maximum absolute atomic E-state index is 13.0. The molecule has 0 aromatic carbocycles. The molecule has 1 aromatic rings. The van der Waals surface area contributed by atoms with E-state index in [0.717, 1.165) is 49.5 Å². The van der Waals surface area contributed by atoms with Crippen LogP contribution in [0.1, 0.15) is 78.6 Å². The van der Waals surface area contributed by atoms with Gasteiger partial charge in [0.2, 0.25) is 5.91 Å². The predicted octanol–water partition coefficient (Wildman–Crippen LogP) is 4.79. The van der Waals surface area contributed by atoms with E-state index in [1.165, 1.54) is 37.0 Å². The van der Waals surface area contributed by atoms with Gasteiger partial charge < -0.3 is 11.1 Å². The van der Waals surface area contributed by atoms with Gasteiger partial charge in [-0.2, -0.15) is 0 Å². The number of nitrogens with two attached hydrogens (primary N) is 1. The highest BCUT2D eigenvalue weighted by atomic mass is 79.9. The molecule has 4 fully saturated rings. The second-order valence-electron chi connectivity index (χ2n) is 9.62. The van der Waals surface area contributed by atoms with E-state index in [0.29, 0.717) is 17.0 Å². The fourth-order valence-electron chi connectivity index (χ4n) is 6.97. The first-order chi connectivity index (χ1) is 12.8. The van der Waals surface area contributed by atoms with E-state index in [4.69, 9.17) is 5.73 Å². The lowest BCUT2D eigenvalue weighted by Crippen LogP contribution is -2.53. The highest BCUT2D eigenvalue weighted by Gasteiger charge is 2.57. The molecule has 6 heteroatoms. The van der Waals surface area contributed by atoms with Gasteiger partial charge in [-0.05, 0) is 87.0 Å². The number of fused-ring (bicyclic) bond motifs is 1. The fraction of sp³-hybridized carbons (Fsp3) is 0.714. The molecule has 0 aliphatic heterocycles. The SMILES string of the molecule is NC(=O)c1c(NC(=O)CC23CC4CC(CC(Br)(C4)C2)C3)sc2c1CCCC2. The quantitative estimate of drug-likeness (QED) is 0.647. The van der Waals surface area contributed by atoms with E-state index in [1.54, 1.807) is 11.3 Å². The number of rotatable bonds is 4. The maximum atomic E-state index is 13.0. The predicted molar refractivity (Wildman–Crippen MR) is 111 cm³/mol. The summed E-state index contributed by atoms with van der Waals surface area (Å²) in [7, 11) is 0. The number of amides is 2. The summed E-state index contributed by atoms with van der Waals surface area (Å²) in [6.07, 6.45) is 12.1. The largest absolute Gasteiger partial charge is 0.365 e. The van der Waals surface area contributed by atoms with Crippen LogP contribution in [0, 0.1) is 17.3 Å². The van der Waals surface area contributed by atoms with Gasteiger partial charge in [0.15, 0.2) is 0 Å². The van der Waals surface area contributed by atoms with Gasteiger partial charge in [0.1, 0.15) is 5.00 Å². The number of aryl methyl sites for hydroxylation is 1. The number of hydrogen-bond donors (Lipinski definition) is 2. The lowest BCUT2D eigenvalue weighted by atomic mass is 9.48. The molecule has 1 aromatic heterocycles. The Kier molecular flexibility index (Phi) is 4.25. The van der Waals surface area contributed by atoms with E-state index in [9.17, 15) is 9.59 Å². The van der Waals surface area contributed by atoms with Crippen molar-refractivity contribution in [2.45, 2.75) is 75.0 Å². The van der Waals surface area contributed by atoms with Gasteiger partial charge in [0.25, 0.3) is 5.91 Å². The minimum absolute atomic E-state index is 0.0640. The number of carbonyl (C=O) groups excluding carboxylic acids is 2. The number of alkyl halides is 1. The zero-order valence-corrected chi connectivity index (χ0v) is 18.0. The topological polar surface area (TPSA) is 72.2 Å². The summed E-state index contributed by atoms with van der Waals surface area (Å²) in [5, 5.41) is 3.79. The van der Waals surface area contributed by atoms with Crippen molar-refractivity contribution in [2.24, 2.45) is 23.0 Å². The first-order valence-electron chi connectivity index (χ1n) is 10.3. The lowest BCUT2D eigenvalue weighted by Gasteiger charge is -2.60. The van der Waals surface area contributed by atoms with Crippen LogP contribution in [0.4, 0.5) is 5.00 Å². The standard InChI is InChI=1S/C21H27BrN2O2S/c22-21-8-12-5-13(9-21)7-20(6-12,11-21)10-16(25)24-19-17(18(23)26)14-3-1-2-4-15(14)27-19/h12-13H,1-11H2,(H2,23,26)(H,24,25). The van der Waals surface area contributed by atoms with E-state index < -0.39 is 5.91 Å². The summed E-state index contributed by atoms with van der Waals surface area (Å²) >= 11 is 5.60. The number of nitrogens with one attached hydrogen (secondary N) is 1. The zero-order chi connectivity index (χ0) is 18.8. The molecule has 2 unspecified atom stereocenters. The molecule has 4 saturated carbocycles. The lowest BCUT2D eigenvalue weighted by molar-refractivity contribution is -0.123. The van der Waals surface area contributed by atoms with E-state index in [2.05, 4.69) is 21.2 Å². The molecule has 3 N–H and O–H groups in total. The van der Waals surface area contributed by atoms with Crippen molar-refractivity contribution in [2.75, 3.05) is 5.32 Å². The van der Waals surface area contributed by atoms with Crippen LogP contribution >= 0.6 is 27.3 Å². The molecule has 0 saturated heterocycles. The Morgan fingerprint density at radius 1 is 1.15 bits per heavy atom. The van der Waals surface area contributed by atoms with E-state index in [1.807, 2.05) is 0 Å². The monoisotopic (exact) mass is 450 g/mol. The van der Waals surface area contributed by atoms with Crippen LogP contribution in [0.2, 0.25) is 0 Å². The summed E-state index contributed by atoms with van der Waals surface area (Å²) in [5.41, 5.74) is 7.48. The van der Waals surface area contributed by atoms with Crippen LogP contribution in [-0.2, 0) is 17.6 Å². The number of halogens is 1. The highest BCUT2D eigenvalue weighted by molar-refractivity contribution is 9.10. The van der Waals surface area contributed by atoms with Crippen LogP contribution in [-0.4, -0.2) is 16.1 Å². The average Bonchev–Trinajstić information content (AvgIpc) is 2.89. The minimum Gasteiger partial charge on any atom is -0.365 e. The van der Waals surface area contributed by atoms with Crippen LogP contribution in [0.25, 0.3) is 0 Å². The average molecular weight is 451 g/mol. The van der Waals surface area contributed by atoms with Gasteiger partial charge in [-0.1, -0.05) is 15.9 Å². The third-order valence-electron chi connectivity index (χ3n) is 7.32. The molecule has 1 heterocycles. The molecule has 4 bridgehead atoms. The Morgan fingerprint density at radius 3 is 2.52 bits per heavy atom. The molecule has 146 valence electrons. The number of anilines is 1. The van der Waals surface area contributed by atoms with Crippen LogP contribution in [0.3, 0.4) is 0 Å².